The molecule has 0 aromatic heterocycles. The van der Waals surface area contributed by atoms with E-state index in [1.54, 1.807) is 48.5 Å². The standard InChI is InChI=1S/C22H21NO7/c1-22(2)29-20(25)16(21(26)30-22)12-14-8-10-15(11-9-14)28-13-19(24)23-17-6-4-5-7-18(17)27-3/h4-12H,13H2,1-3H3,(H,23,24). The van der Waals surface area contributed by atoms with Gasteiger partial charge in [-0.2, -0.15) is 0 Å². The Hall–Kier alpha value is -3.81. The molecular weight excluding hydrogens is 390 g/mol. The van der Waals surface area contributed by atoms with Gasteiger partial charge in [0.05, 0.1) is 12.8 Å². The van der Waals surface area contributed by atoms with Crippen molar-refractivity contribution in [3.8, 4) is 11.5 Å². The van der Waals surface area contributed by atoms with Gasteiger partial charge in [0, 0.05) is 13.8 Å². The van der Waals surface area contributed by atoms with Gasteiger partial charge in [0.15, 0.2) is 6.61 Å². The van der Waals surface area contributed by atoms with Gasteiger partial charge in [0.25, 0.3) is 11.7 Å². The van der Waals surface area contributed by atoms with Crippen molar-refractivity contribution in [2.75, 3.05) is 19.0 Å². The lowest BCUT2D eigenvalue weighted by Gasteiger charge is -2.29. The van der Waals surface area contributed by atoms with Crippen LogP contribution in [0.3, 0.4) is 0 Å². The fraction of sp³-hybridized carbons (Fsp3) is 0.227. The summed E-state index contributed by atoms with van der Waals surface area (Å²) in [6.45, 7) is 2.76. The third-order valence-corrected chi connectivity index (χ3v) is 4.06. The summed E-state index contributed by atoms with van der Waals surface area (Å²) in [5, 5.41) is 2.71. The maximum absolute atomic E-state index is 12.1. The van der Waals surface area contributed by atoms with Crippen molar-refractivity contribution in [2.45, 2.75) is 19.6 Å². The summed E-state index contributed by atoms with van der Waals surface area (Å²) < 4.78 is 20.8. The summed E-state index contributed by atoms with van der Waals surface area (Å²) in [4.78, 5) is 36.1. The molecule has 0 saturated carbocycles. The summed E-state index contributed by atoms with van der Waals surface area (Å²) >= 11 is 0. The predicted octanol–water partition coefficient (Wildman–Crippen LogP) is 2.93. The molecule has 1 aliphatic heterocycles. The van der Waals surface area contributed by atoms with Crippen molar-refractivity contribution in [2.24, 2.45) is 0 Å². The number of hydrogen-bond donors (Lipinski definition) is 1. The van der Waals surface area contributed by atoms with Gasteiger partial charge in [-0.3, -0.25) is 4.79 Å². The van der Waals surface area contributed by atoms with E-state index in [-0.39, 0.29) is 18.1 Å². The number of ether oxygens (including phenoxy) is 4. The fourth-order valence-corrected chi connectivity index (χ4v) is 2.69. The number of carbonyl (C=O) groups excluding carboxylic acids is 3. The van der Waals surface area contributed by atoms with Crippen LogP contribution in [0.25, 0.3) is 6.08 Å². The summed E-state index contributed by atoms with van der Waals surface area (Å²) in [5.74, 6) is -2.13. The van der Waals surface area contributed by atoms with Crippen LogP contribution in [0, 0.1) is 0 Å². The van der Waals surface area contributed by atoms with E-state index >= 15 is 0 Å². The zero-order chi connectivity index (χ0) is 21.7. The smallest absolute Gasteiger partial charge is 0.348 e. The van der Waals surface area contributed by atoms with Gasteiger partial charge in [-0.25, -0.2) is 9.59 Å². The molecule has 30 heavy (non-hydrogen) atoms. The van der Waals surface area contributed by atoms with Crippen LogP contribution >= 0.6 is 0 Å². The quantitative estimate of drug-likeness (QED) is 0.443. The van der Waals surface area contributed by atoms with Crippen LogP contribution in [0.15, 0.2) is 54.1 Å². The summed E-state index contributed by atoms with van der Waals surface area (Å²) in [6.07, 6.45) is 1.37. The number of hydrogen-bond acceptors (Lipinski definition) is 7. The van der Waals surface area contributed by atoms with Gasteiger partial charge in [0.1, 0.15) is 17.1 Å². The molecule has 0 radical (unpaired) electrons. The zero-order valence-corrected chi connectivity index (χ0v) is 16.8. The average molecular weight is 411 g/mol. The van der Waals surface area contributed by atoms with Crippen LogP contribution in [-0.2, 0) is 23.9 Å². The first-order chi connectivity index (χ1) is 14.3. The van der Waals surface area contributed by atoms with Crippen molar-refractivity contribution in [3.63, 3.8) is 0 Å². The van der Waals surface area contributed by atoms with Crippen LogP contribution < -0.4 is 14.8 Å². The van der Waals surface area contributed by atoms with Crippen LogP contribution in [0.4, 0.5) is 5.69 Å². The van der Waals surface area contributed by atoms with Gasteiger partial charge >= 0.3 is 11.9 Å². The Morgan fingerprint density at radius 2 is 1.67 bits per heavy atom. The molecule has 1 amide bonds. The van der Waals surface area contributed by atoms with Crippen LogP contribution in [0.2, 0.25) is 0 Å². The summed E-state index contributed by atoms with van der Waals surface area (Å²) in [6, 6.07) is 13.6. The lowest BCUT2D eigenvalue weighted by atomic mass is 10.1. The molecule has 1 aliphatic rings. The third-order valence-electron chi connectivity index (χ3n) is 4.06. The first kappa shape index (κ1) is 20.9. The number of methoxy groups -OCH3 is 1. The number of rotatable bonds is 6. The lowest BCUT2D eigenvalue weighted by molar-refractivity contribution is -0.222. The van der Waals surface area contributed by atoms with Gasteiger partial charge in [-0.15, -0.1) is 0 Å². The molecule has 2 aromatic rings. The molecule has 3 rings (SSSR count). The molecule has 8 nitrogen and oxygen atoms in total. The van der Waals surface area contributed by atoms with Gasteiger partial charge < -0.3 is 24.3 Å². The molecule has 0 bridgehead atoms. The number of cyclic esters (lactones) is 2. The Bertz CT molecular complexity index is 971. The highest BCUT2D eigenvalue weighted by molar-refractivity contribution is 6.18. The Kier molecular flexibility index (Phi) is 6.06. The van der Waals surface area contributed by atoms with Crippen molar-refractivity contribution < 1.29 is 33.3 Å². The Morgan fingerprint density at radius 1 is 1.03 bits per heavy atom. The molecule has 0 atom stereocenters. The van der Waals surface area contributed by atoms with Gasteiger partial charge in [-0.05, 0) is 35.9 Å². The minimum atomic E-state index is -1.28. The first-order valence-corrected chi connectivity index (χ1v) is 9.11. The van der Waals surface area contributed by atoms with E-state index in [9.17, 15) is 14.4 Å². The van der Waals surface area contributed by atoms with Crippen molar-refractivity contribution in [3.05, 3.63) is 59.7 Å². The zero-order valence-electron chi connectivity index (χ0n) is 16.8. The highest BCUT2D eigenvalue weighted by atomic mass is 16.7. The molecule has 1 fully saturated rings. The van der Waals surface area contributed by atoms with E-state index in [1.165, 1.54) is 27.0 Å². The monoisotopic (exact) mass is 411 g/mol. The minimum absolute atomic E-state index is 0.195. The molecule has 1 heterocycles. The van der Waals surface area contributed by atoms with E-state index in [4.69, 9.17) is 18.9 Å². The van der Waals surface area contributed by atoms with Crippen molar-refractivity contribution >= 4 is 29.6 Å². The maximum atomic E-state index is 12.1. The summed E-state index contributed by atoms with van der Waals surface area (Å²) in [5.41, 5.74) is 0.925. The van der Waals surface area contributed by atoms with Crippen molar-refractivity contribution in [1.82, 2.24) is 0 Å². The largest absolute Gasteiger partial charge is 0.495 e. The number of anilines is 1. The van der Waals surface area contributed by atoms with Crippen molar-refractivity contribution in [1.29, 1.82) is 0 Å². The third kappa shape index (κ3) is 5.16. The predicted molar refractivity (Wildman–Crippen MR) is 108 cm³/mol. The molecule has 2 aromatic carbocycles. The normalized spacial score (nSPS) is 15.0. The summed E-state index contributed by atoms with van der Waals surface area (Å²) in [7, 11) is 1.52. The van der Waals surface area contributed by atoms with Crippen LogP contribution in [-0.4, -0.2) is 37.3 Å². The van der Waals surface area contributed by atoms with Crippen LogP contribution in [0.1, 0.15) is 19.4 Å². The highest BCUT2D eigenvalue weighted by Crippen LogP contribution is 2.25. The second-order valence-electron chi connectivity index (χ2n) is 6.84. The van der Waals surface area contributed by atoms with E-state index in [2.05, 4.69) is 5.32 Å². The molecular formula is C22H21NO7. The second kappa shape index (κ2) is 8.69. The Morgan fingerprint density at radius 3 is 2.30 bits per heavy atom. The second-order valence-corrected chi connectivity index (χ2v) is 6.84. The topological polar surface area (TPSA) is 100 Å². The molecule has 0 unspecified atom stereocenters. The molecule has 156 valence electrons. The SMILES string of the molecule is COc1ccccc1NC(=O)COc1ccc(C=C2C(=O)OC(C)(C)OC2=O)cc1. The van der Waals surface area contributed by atoms with E-state index in [1.807, 2.05) is 0 Å². The van der Waals surface area contributed by atoms with E-state index < -0.39 is 17.7 Å². The Labute approximate surface area is 173 Å². The number of para-hydroxylation sites is 2. The highest BCUT2D eigenvalue weighted by Gasteiger charge is 2.38. The average Bonchev–Trinajstić information content (AvgIpc) is 2.70. The molecule has 1 saturated heterocycles. The van der Waals surface area contributed by atoms with Gasteiger partial charge in [-0.1, -0.05) is 24.3 Å². The van der Waals surface area contributed by atoms with Crippen LogP contribution in [0.5, 0.6) is 11.5 Å². The molecule has 0 spiro atoms. The number of amides is 1. The number of nitrogens with one attached hydrogen (secondary N) is 1. The lowest BCUT2D eigenvalue weighted by Crippen LogP contribution is -2.41. The van der Waals surface area contributed by atoms with E-state index in [0.717, 1.165) is 0 Å². The van der Waals surface area contributed by atoms with E-state index in [0.29, 0.717) is 22.7 Å². The minimum Gasteiger partial charge on any atom is -0.495 e. The molecule has 1 N–H and O–H groups in total. The fourth-order valence-electron chi connectivity index (χ4n) is 2.69. The Balaban J connectivity index is 1.59. The maximum Gasteiger partial charge on any atom is 0.348 e. The number of esters is 2. The number of carbonyl (C=O) groups is 3. The number of benzene rings is 2. The molecule has 8 heteroatoms. The molecule has 0 aliphatic carbocycles. The van der Waals surface area contributed by atoms with Gasteiger partial charge in [0.2, 0.25) is 0 Å². The first-order valence-electron chi connectivity index (χ1n) is 9.11.